The molecule has 1 aliphatic rings. The van der Waals surface area contributed by atoms with E-state index >= 15 is 0 Å². The van der Waals surface area contributed by atoms with Crippen LogP contribution in [0, 0.1) is 5.92 Å². The van der Waals surface area contributed by atoms with Gasteiger partial charge in [-0.1, -0.05) is 54.1 Å². The fraction of sp³-hybridized carbons (Fsp3) is 0.0714. The first kappa shape index (κ1) is 10.9. The molecule has 2 heteroatoms. The standard InChI is InChI=1S/C14H11ClO/c15-13-8-5-11(6-9-13)7-10-14(16)12-3-1-2-4-12/h1-10,12H/b10-7+. The summed E-state index contributed by atoms with van der Waals surface area (Å²) in [5, 5.41) is 0.699. The highest BCUT2D eigenvalue weighted by atomic mass is 35.5. The maximum atomic E-state index is 11.7. The zero-order valence-electron chi connectivity index (χ0n) is 8.64. The van der Waals surface area contributed by atoms with Crippen molar-refractivity contribution in [1.29, 1.82) is 0 Å². The fourth-order valence-corrected chi connectivity index (χ4v) is 1.61. The van der Waals surface area contributed by atoms with Crippen molar-refractivity contribution in [3.05, 3.63) is 65.2 Å². The van der Waals surface area contributed by atoms with E-state index in [2.05, 4.69) is 0 Å². The molecule has 0 heterocycles. The molecule has 0 amide bonds. The molecular formula is C14H11ClO. The minimum atomic E-state index is -0.0939. The van der Waals surface area contributed by atoms with Gasteiger partial charge in [0.1, 0.15) is 0 Å². The van der Waals surface area contributed by atoms with Gasteiger partial charge in [0.2, 0.25) is 0 Å². The van der Waals surface area contributed by atoms with E-state index in [1.807, 2.05) is 36.4 Å². The zero-order chi connectivity index (χ0) is 11.4. The van der Waals surface area contributed by atoms with Crippen LogP contribution in [0.4, 0.5) is 0 Å². The summed E-state index contributed by atoms with van der Waals surface area (Å²) in [4.78, 5) is 11.7. The topological polar surface area (TPSA) is 17.1 Å². The van der Waals surface area contributed by atoms with Crippen molar-refractivity contribution in [3.63, 3.8) is 0 Å². The Bertz CT molecular complexity index is 454. The first-order valence-electron chi connectivity index (χ1n) is 5.08. The number of halogens is 1. The Morgan fingerprint density at radius 1 is 1.12 bits per heavy atom. The third-order valence-electron chi connectivity index (χ3n) is 2.39. The summed E-state index contributed by atoms with van der Waals surface area (Å²) >= 11 is 5.77. The molecule has 0 bridgehead atoms. The Balaban J connectivity index is 2.03. The van der Waals surface area contributed by atoms with Crippen molar-refractivity contribution >= 4 is 23.5 Å². The number of carbonyl (C=O) groups excluding carboxylic acids is 1. The lowest BCUT2D eigenvalue weighted by Gasteiger charge is -1.98. The number of hydrogen-bond donors (Lipinski definition) is 0. The Morgan fingerprint density at radius 2 is 1.75 bits per heavy atom. The smallest absolute Gasteiger partial charge is 0.166 e. The van der Waals surface area contributed by atoms with Crippen molar-refractivity contribution < 1.29 is 4.79 Å². The molecule has 16 heavy (non-hydrogen) atoms. The van der Waals surface area contributed by atoms with Gasteiger partial charge in [-0.3, -0.25) is 4.79 Å². The molecule has 0 fully saturated rings. The summed E-state index contributed by atoms with van der Waals surface area (Å²) in [5.74, 6) is 0.00324. The van der Waals surface area contributed by atoms with Crippen LogP contribution in [0.5, 0.6) is 0 Å². The zero-order valence-corrected chi connectivity index (χ0v) is 9.39. The number of hydrogen-bond acceptors (Lipinski definition) is 1. The average molecular weight is 231 g/mol. The second-order valence-corrected chi connectivity index (χ2v) is 4.02. The van der Waals surface area contributed by atoms with E-state index < -0.39 is 0 Å². The van der Waals surface area contributed by atoms with Crippen LogP contribution in [-0.4, -0.2) is 5.78 Å². The minimum absolute atomic E-state index is 0.0939. The Hall–Kier alpha value is -1.60. The minimum Gasteiger partial charge on any atom is -0.294 e. The van der Waals surface area contributed by atoms with Crippen molar-refractivity contribution in [2.24, 2.45) is 5.92 Å². The summed E-state index contributed by atoms with van der Waals surface area (Å²) in [5.41, 5.74) is 0.976. The molecule has 0 saturated heterocycles. The molecule has 2 rings (SSSR count). The van der Waals surface area contributed by atoms with Crippen LogP contribution >= 0.6 is 11.6 Å². The van der Waals surface area contributed by atoms with Gasteiger partial charge in [-0.2, -0.15) is 0 Å². The number of rotatable bonds is 3. The first-order valence-corrected chi connectivity index (χ1v) is 5.46. The molecule has 0 atom stereocenters. The second-order valence-electron chi connectivity index (χ2n) is 3.58. The van der Waals surface area contributed by atoms with Crippen LogP contribution in [0.1, 0.15) is 5.56 Å². The van der Waals surface area contributed by atoms with Gasteiger partial charge in [0.25, 0.3) is 0 Å². The Morgan fingerprint density at radius 3 is 2.38 bits per heavy atom. The number of allylic oxidation sites excluding steroid dienone is 5. The third kappa shape index (κ3) is 2.71. The van der Waals surface area contributed by atoms with E-state index in [0.29, 0.717) is 5.02 Å². The normalized spacial score (nSPS) is 15.1. The summed E-state index contributed by atoms with van der Waals surface area (Å²) in [6.45, 7) is 0. The van der Waals surface area contributed by atoms with E-state index in [1.165, 1.54) is 0 Å². The number of carbonyl (C=O) groups is 1. The Kier molecular flexibility index (Phi) is 3.37. The first-order chi connectivity index (χ1) is 7.75. The van der Waals surface area contributed by atoms with Gasteiger partial charge in [-0.15, -0.1) is 0 Å². The second kappa shape index (κ2) is 4.95. The lowest BCUT2D eigenvalue weighted by molar-refractivity contribution is -0.115. The summed E-state index contributed by atoms with van der Waals surface area (Å²) < 4.78 is 0. The Labute approximate surface area is 99.7 Å². The van der Waals surface area contributed by atoms with Crippen LogP contribution in [-0.2, 0) is 4.79 Å². The quantitative estimate of drug-likeness (QED) is 0.725. The molecule has 0 aromatic heterocycles. The molecule has 1 aliphatic carbocycles. The molecule has 1 nitrogen and oxygen atoms in total. The average Bonchev–Trinajstić information content (AvgIpc) is 2.81. The highest BCUT2D eigenvalue weighted by Crippen LogP contribution is 2.13. The largest absolute Gasteiger partial charge is 0.294 e. The molecule has 0 unspecified atom stereocenters. The van der Waals surface area contributed by atoms with Crippen LogP contribution in [0.2, 0.25) is 5.02 Å². The van der Waals surface area contributed by atoms with Gasteiger partial charge in [-0.05, 0) is 23.8 Å². The van der Waals surface area contributed by atoms with E-state index in [-0.39, 0.29) is 11.7 Å². The maximum Gasteiger partial charge on any atom is 0.166 e. The van der Waals surface area contributed by atoms with Crippen LogP contribution < -0.4 is 0 Å². The molecule has 0 aliphatic heterocycles. The number of benzene rings is 1. The van der Waals surface area contributed by atoms with Crippen molar-refractivity contribution in [3.8, 4) is 0 Å². The molecular weight excluding hydrogens is 220 g/mol. The lowest BCUT2D eigenvalue weighted by Crippen LogP contribution is -2.03. The van der Waals surface area contributed by atoms with E-state index in [1.54, 1.807) is 24.3 Å². The van der Waals surface area contributed by atoms with Gasteiger partial charge < -0.3 is 0 Å². The van der Waals surface area contributed by atoms with Crippen LogP contribution in [0.3, 0.4) is 0 Å². The molecule has 0 spiro atoms. The summed E-state index contributed by atoms with van der Waals surface area (Å²) in [7, 11) is 0. The summed E-state index contributed by atoms with van der Waals surface area (Å²) in [6, 6.07) is 7.38. The lowest BCUT2D eigenvalue weighted by atomic mass is 10.1. The summed E-state index contributed by atoms with van der Waals surface area (Å²) in [6.07, 6.45) is 11.0. The van der Waals surface area contributed by atoms with Crippen molar-refractivity contribution in [1.82, 2.24) is 0 Å². The molecule has 0 saturated carbocycles. The molecule has 0 N–H and O–H groups in total. The van der Waals surface area contributed by atoms with E-state index in [4.69, 9.17) is 11.6 Å². The maximum absolute atomic E-state index is 11.7. The molecule has 1 aromatic rings. The van der Waals surface area contributed by atoms with Crippen molar-refractivity contribution in [2.45, 2.75) is 0 Å². The van der Waals surface area contributed by atoms with Gasteiger partial charge >= 0.3 is 0 Å². The van der Waals surface area contributed by atoms with Gasteiger partial charge in [0.15, 0.2) is 5.78 Å². The highest BCUT2D eigenvalue weighted by molar-refractivity contribution is 6.30. The molecule has 1 aromatic carbocycles. The molecule has 80 valence electrons. The SMILES string of the molecule is O=C(/C=C/c1ccc(Cl)cc1)C1C=CC=C1. The number of ketones is 1. The predicted octanol–water partition coefficient (Wildman–Crippen LogP) is 3.66. The van der Waals surface area contributed by atoms with Crippen LogP contribution in [0.15, 0.2) is 54.6 Å². The monoisotopic (exact) mass is 230 g/mol. The van der Waals surface area contributed by atoms with Gasteiger partial charge in [-0.25, -0.2) is 0 Å². The van der Waals surface area contributed by atoms with E-state index in [0.717, 1.165) is 5.56 Å². The third-order valence-corrected chi connectivity index (χ3v) is 2.64. The molecule has 0 radical (unpaired) electrons. The fourth-order valence-electron chi connectivity index (χ4n) is 1.48. The van der Waals surface area contributed by atoms with E-state index in [9.17, 15) is 4.79 Å². The van der Waals surface area contributed by atoms with Gasteiger partial charge in [0, 0.05) is 5.02 Å². The highest BCUT2D eigenvalue weighted by Gasteiger charge is 2.10. The van der Waals surface area contributed by atoms with Gasteiger partial charge in [0.05, 0.1) is 5.92 Å². The van der Waals surface area contributed by atoms with Crippen molar-refractivity contribution in [2.75, 3.05) is 0 Å². The van der Waals surface area contributed by atoms with Crippen LogP contribution in [0.25, 0.3) is 6.08 Å². The predicted molar refractivity (Wildman–Crippen MR) is 67.3 cm³/mol.